The van der Waals surface area contributed by atoms with Crippen LogP contribution in [0.15, 0.2) is 24.3 Å². The molecule has 1 aromatic carbocycles. The van der Waals surface area contributed by atoms with Gasteiger partial charge in [-0.25, -0.2) is 0 Å². The third-order valence-corrected chi connectivity index (χ3v) is 3.20. The Morgan fingerprint density at radius 2 is 1.40 bits per heavy atom. The van der Waals surface area contributed by atoms with Crippen molar-refractivity contribution in [2.45, 2.75) is 65.9 Å². The average molecular weight is 278 g/mol. The van der Waals surface area contributed by atoms with Crippen LogP contribution in [0.5, 0.6) is 5.75 Å². The summed E-state index contributed by atoms with van der Waals surface area (Å²) in [5.41, 5.74) is 0.972. The van der Waals surface area contributed by atoms with Crippen LogP contribution in [0.4, 0.5) is 0 Å². The van der Waals surface area contributed by atoms with Crippen LogP contribution in [-0.4, -0.2) is 17.3 Å². The normalized spacial score (nSPS) is 13.4. The van der Waals surface area contributed by atoms with E-state index in [-0.39, 0.29) is 5.41 Å². The number of hydrogen-bond donors (Lipinski definition) is 1. The Morgan fingerprint density at radius 3 is 1.80 bits per heavy atom. The monoisotopic (exact) mass is 278 g/mol. The van der Waals surface area contributed by atoms with E-state index in [4.69, 9.17) is 4.74 Å². The second-order valence-electron chi connectivity index (χ2n) is 8.25. The smallest absolute Gasteiger partial charge is 0.119 e. The van der Waals surface area contributed by atoms with E-state index in [1.54, 1.807) is 13.8 Å². The maximum absolute atomic E-state index is 9.67. The molecule has 0 saturated carbocycles. The van der Waals surface area contributed by atoms with Crippen molar-refractivity contribution in [1.29, 1.82) is 0 Å². The molecule has 0 fully saturated rings. The van der Waals surface area contributed by atoms with Gasteiger partial charge in [0.15, 0.2) is 0 Å². The number of hydrogen-bond acceptors (Lipinski definition) is 2. The van der Waals surface area contributed by atoms with E-state index in [1.165, 1.54) is 5.56 Å². The van der Waals surface area contributed by atoms with Crippen LogP contribution in [0, 0.1) is 5.41 Å². The fraction of sp³-hybridized carbons (Fsp3) is 0.667. The van der Waals surface area contributed by atoms with E-state index in [1.807, 2.05) is 12.1 Å². The first-order chi connectivity index (χ1) is 8.89. The highest BCUT2D eigenvalue weighted by Crippen LogP contribution is 2.36. The van der Waals surface area contributed by atoms with E-state index in [0.29, 0.717) is 12.0 Å². The van der Waals surface area contributed by atoms with Crippen molar-refractivity contribution in [3.05, 3.63) is 29.8 Å². The molecule has 0 aromatic heterocycles. The molecule has 0 unspecified atom stereocenters. The first-order valence-corrected chi connectivity index (χ1v) is 7.35. The molecule has 0 heterocycles. The van der Waals surface area contributed by atoms with E-state index in [0.717, 1.165) is 12.2 Å². The summed E-state index contributed by atoms with van der Waals surface area (Å²) in [6.07, 6.45) is 1.13. The quantitative estimate of drug-likeness (QED) is 0.856. The Balaban J connectivity index is 2.75. The third kappa shape index (κ3) is 5.96. The lowest BCUT2D eigenvalue weighted by Gasteiger charge is -2.33. The fourth-order valence-electron chi connectivity index (χ4n) is 2.69. The topological polar surface area (TPSA) is 29.5 Å². The highest BCUT2D eigenvalue weighted by atomic mass is 16.5. The zero-order valence-electron chi connectivity index (χ0n) is 14.1. The van der Waals surface area contributed by atoms with Gasteiger partial charge in [-0.15, -0.1) is 0 Å². The van der Waals surface area contributed by atoms with Gasteiger partial charge in [-0.1, -0.05) is 46.8 Å². The molecule has 1 rings (SSSR count). The summed E-state index contributed by atoms with van der Waals surface area (Å²) in [4.78, 5) is 0. The Bertz CT molecular complexity index is 416. The summed E-state index contributed by atoms with van der Waals surface area (Å²) >= 11 is 0. The second kappa shape index (κ2) is 5.77. The molecule has 114 valence electrons. The van der Waals surface area contributed by atoms with Crippen molar-refractivity contribution in [2.75, 3.05) is 6.61 Å². The molecule has 0 spiro atoms. The molecule has 0 radical (unpaired) electrons. The largest absolute Gasteiger partial charge is 0.491 e. The zero-order chi connectivity index (χ0) is 15.6. The lowest BCUT2D eigenvalue weighted by atomic mass is 9.72. The van der Waals surface area contributed by atoms with Gasteiger partial charge >= 0.3 is 0 Å². The van der Waals surface area contributed by atoms with Gasteiger partial charge < -0.3 is 9.84 Å². The zero-order valence-corrected chi connectivity index (χ0v) is 14.1. The van der Waals surface area contributed by atoms with Gasteiger partial charge in [0.1, 0.15) is 12.4 Å². The van der Waals surface area contributed by atoms with E-state index < -0.39 is 5.60 Å². The van der Waals surface area contributed by atoms with Crippen molar-refractivity contribution < 1.29 is 9.84 Å². The molecule has 0 atom stereocenters. The summed E-state index contributed by atoms with van der Waals surface area (Å²) < 4.78 is 5.59. The highest BCUT2D eigenvalue weighted by Gasteiger charge is 2.27. The van der Waals surface area contributed by atoms with Crippen molar-refractivity contribution in [2.24, 2.45) is 5.41 Å². The summed E-state index contributed by atoms with van der Waals surface area (Å²) in [6.45, 7) is 15.2. The Labute approximate surface area is 124 Å². The van der Waals surface area contributed by atoms with Gasteiger partial charge in [0.25, 0.3) is 0 Å². The molecular weight excluding hydrogens is 248 g/mol. The molecular formula is C18H30O2. The molecule has 1 aromatic rings. The van der Waals surface area contributed by atoms with E-state index in [9.17, 15) is 5.11 Å². The molecule has 1 N–H and O–H groups in total. The molecule has 0 saturated heterocycles. The minimum absolute atomic E-state index is 0.146. The third-order valence-electron chi connectivity index (χ3n) is 3.20. The van der Waals surface area contributed by atoms with Crippen molar-refractivity contribution >= 4 is 0 Å². The van der Waals surface area contributed by atoms with Crippen LogP contribution >= 0.6 is 0 Å². The van der Waals surface area contributed by atoms with Gasteiger partial charge in [-0.2, -0.15) is 0 Å². The molecule has 0 amide bonds. The van der Waals surface area contributed by atoms with Gasteiger partial charge in [0, 0.05) is 0 Å². The Hall–Kier alpha value is -1.02. The van der Waals surface area contributed by atoms with Crippen molar-refractivity contribution in [1.82, 2.24) is 0 Å². The van der Waals surface area contributed by atoms with Crippen LogP contribution < -0.4 is 4.74 Å². The predicted molar refractivity (Wildman–Crippen MR) is 85.3 cm³/mol. The SMILES string of the molecule is CC(C)(C)CC(C)(C)c1ccc(OCC(C)(C)O)cc1. The molecule has 0 aliphatic carbocycles. The minimum Gasteiger partial charge on any atom is -0.491 e. The molecule has 0 aliphatic rings. The van der Waals surface area contributed by atoms with Crippen molar-refractivity contribution in [3.63, 3.8) is 0 Å². The van der Waals surface area contributed by atoms with E-state index >= 15 is 0 Å². The molecule has 0 aliphatic heterocycles. The molecule has 2 heteroatoms. The second-order valence-corrected chi connectivity index (χ2v) is 8.25. The van der Waals surface area contributed by atoms with Crippen LogP contribution in [0.25, 0.3) is 0 Å². The maximum Gasteiger partial charge on any atom is 0.119 e. The summed E-state index contributed by atoms with van der Waals surface area (Å²) in [5, 5.41) is 9.67. The van der Waals surface area contributed by atoms with Gasteiger partial charge in [0.05, 0.1) is 5.60 Å². The Kier molecular flexibility index (Phi) is 4.91. The fourth-order valence-corrected chi connectivity index (χ4v) is 2.69. The highest BCUT2D eigenvalue weighted by molar-refractivity contribution is 5.31. The van der Waals surface area contributed by atoms with Crippen molar-refractivity contribution in [3.8, 4) is 5.75 Å². The number of benzene rings is 1. The van der Waals surface area contributed by atoms with Crippen LogP contribution in [0.1, 0.15) is 60.5 Å². The minimum atomic E-state index is -0.801. The van der Waals surface area contributed by atoms with Crippen LogP contribution in [0.2, 0.25) is 0 Å². The summed E-state index contributed by atoms with van der Waals surface area (Å²) in [5.74, 6) is 0.808. The molecule has 0 bridgehead atoms. The van der Waals surface area contributed by atoms with Gasteiger partial charge in [-0.05, 0) is 48.8 Å². The predicted octanol–water partition coefficient (Wildman–Crippen LogP) is 4.55. The van der Waals surface area contributed by atoms with Gasteiger partial charge in [-0.3, -0.25) is 0 Å². The first-order valence-electron chi connectivity index (χ1n) is 7.35. The summed E-state index contributed by atoms with van der Waals surface area (Å²) in [7, 11) is 0. The lowest BCUT2D eigenvalue weighted by molar-refractivity contribution is 0.0285. The van der Waals surface area contributed by atoms with E-state index in [2.05, 4.69) is 46.8 Å². The molecule has 2 nitrogen and oxygen atoms in total. The maximum atomic E-state index is 9.67. The molecule has 20 heavy (non-hydrogen) atoms. The Morgan fingerprint density at radius 1 is 0.900 bits per heavy atom. The first kappa shape index (κ1) is 17.0. The van der Waals surface area contributed by atoms with Gasteiger partial charge in [0.2, 0.25) is 0 Å². The lowest BCUT2D eigenvalue weighted by Crippen LogP contribution is -2.28. The summed E-state index contributed by atoms with van der Waals surface area (Å²) in [6, 6.07) is 8.24. The number of ether oxygens (including phenoxy) is 1. The average Bonchev–Trinajstić information content (AvgIpc) is 2.22. The standard InChI is InChI=1S/C18H30O2/c1-16(2,3)12-17(4,5)14-8-10-15(11-9-14)20-13-18(6,7)19/h8-11,19H,12-13H2,1-7H3. The number of rotatable bonds is 5. The number of aliphatic hydroxyl groups is 1. The van der Waals surface area contributed by atoms with Crippen LogP contribution in [-0.2, 0) is 5.41 Å². The van der Waals surface area contributed by atoms with Crippen LogP contribution in [0.3, 0.4) is 0 Å².